The van der Waals surface area contributed by atoms with Crippen LogP contribution >= 0.6 is 0 Å². The fourth-order valence-corrected chi connectivity index (χ4v) is 1.98. The maximum atomic E-state index is 5.99. The molecule has 0 saturated carbocycles. The Labute approximate surface area is 114 Å². The van der Waals surface area contributed by atoms with Crippen molar-refractivity contribution >= 4 is 0 Å². The van der Waals surface area contributed by atoms with Crippen LogP contribution in [0.15, 0.2) is 36.5 Å². The Morgan fingerprint density at radius 1 is 1.00 bits per heavy atom. The number of rotatable bonds is 11. The van der Waals surface area contributed by atoms with Crippen molar-refractivity contribution in [2.45, 2.75) is 71.3 Å². The molecule has 2 N–H and O–H groups in total. The third-order valence-electron chi connectivity index (χ3n) is 3.09. The van der Waals surface area contributed by atoms with Gasteiger partial charge in [0.05, 0.1) is 0 Å². The van der Waals surface area contributed by atoms with Crippen LogP contribution in [0.25, 0.3) is 0 Å². The Morgan fingerprint density at radius 3 is 2.28 bits per heavy atom. The number of hydrogen-bond donors (Lipinski definition) is 1. The Balaban J connectivity index is 3.77. The molecule has 0 heterocycles. The van der Waals surface area contributed by atoms with Gasteiger partial charge in [0.15, 0.2) is 0 Å². The van der Waals surface area contributed by atoms with Crippen molar-refractivity contribution < 1.29 is 0 Å². The van der Waals surface area contributed by atoms with Gasteiger partial charge in [0.25, 0.3) is 0 Å². The molecule has 1 atom stereocenters. The second kappa shape index (κ2) is 11.3. The largest absolute Gasteiger partial charge is 0.327 e. The molecule has 1 heteroatoms. The quantitative estimate of drug-likeness (QED) is 0.398. The SMILES string of the molecule is C=C(/C=C\C(=C)CC(N)CCC)CCCCCC. The van der Waals surface area contributed by atoms with E-state index in [2.05, 4.69) is 39.2 Å². The van der Waals surface area contributed by atoms with Gasteiger partial charge in [0, 0.05) is 6.04 Å². The van der Waals surface area contributed by atoms with Crippen LogP contribution in [0.5, 0.6) is 0 Å². The fourth-order valence-electron chi connectivity index (χ4n) is 1.98. The van der Waals surface area contributed by atoms with E-state index < -0.39 is 0 Å². The highest BCUT2D eigenvalue weighted by molar-refractivity contribution is 5.24. The molecule has 0 fully saturated rings. The highest BCUT2D eigenvalue weighted by Gasteiger charge is 2.01. The lowest BCUT2D eigenvalue weighted by molar-refractivity contribution is 0.603. The first-order valence-corrected chi connectivity index (χ1v) is 7.39. The van der Waals surface area contributed by atoms with Crippen LogP contribution in [-0.4, -0.2) is 6.04 Å². The minimum Gasteiger partial charge on any atom is -0.327 e. The maximum Gasteiger partial charge on any atom is 0.00790 e. The van der Waals surface area contributed by atoms with Gasteiger partial charge in [0.2, 0.25) is 0 Å². The minimum absolute atomic E-state index is 0.255. The van der Waals surface area contributed by atoms with Gasteiger partial charge in [0.1, 0.15) is 0 Å². The van der Waals surface area contributed by atoms with Crippen molar-refractivity contribution in [3.05, 3.63) is 36.5 Å². The molecule has 0 aliphatic carbocycles. The van der Waals surface area contributed by atoms with Crippen LogP contribution in [-0.2, 0) is 0 Å². The third-order valence-corrected chi connectivity index (χ3v) is 3.09. The van der Waals surface area contributed by atoms with Crippen LogP contribution in [0.4, 0.5) is 0 Å². The first-order chi connectivity index (χ1) is 8.60. The van der Waals surface area contributed by atoms with E-state index in [1.807, 2.05) is 0 Å². The zero-order valence-corrected chi connectivity index (χ0v) is 12.4. The molecule has 18 heavy (non-hydrogen) atoms. The average molecular weight is 249 g/mol. The molecule has 0 saturated heterocycles. The lowest BCUT2D eigenvalue weighted by atomic mass is 10.0. The summed E-state index contributed by atoms with van der Waals surface area (Å²) in [6.07, 6.45) is 13.6. The van der Waals surface area contributed by atoms with E-state index in [0.29, 0.717) is 0 Å². The average Bonchev–Trinajstić information content (AvgIpc) is 2.32. The lowest BCUT2D eigenvalue weighted by Gasteiger charge is -2.09. The van der Waals surface area contributed by atoms with Gasteiger partial charge in [-0.05, 0) is 25.7 Å². The van der Waals surface area contributed by atoms with Crippen molar-refractivity contribution in [1.82, 2.24) is 0 Å². The summed E-state index contributed by atoms with van der Waals surface area (Å²) in [5.74, 6) is 0. The van der Waals surface area contributed by atoms with Gasteiger partial charge in [-0.3, -0.25) is 0 Å². The van der Waals surface area contributed by atoms with Crippen molar-refractivity contribution in [1.29, 1.82) is 0 Å². The van der Waals surface area contributed by atoms with Crippen molar-refractivity contribution in [3.63, 3.8) is 0 Å². The molecular weight excluding hydrogens is 218 g/mol. The normalized spacial score (nSPS) is 12.8. The molecule has 0 aromatic rings. The molecule has 104 valence electrons. The minimum atomic E-state index is 0.255. The van der Waals surface area contributed by atoms with Crippen LogP contribution in [0.3, 0.4) is 0 Å². The molecule has 0 rings (SSSR count). The van der Waals surface area contributed by atoms with Gasteiger partial charge in [-0.25, -0.2) is 0 Å². The molecule has 1 unspecified atom stereocenters. The molecule has 0 spiro atoms. The standard InChI is InChI=1S/C17H31N/c1-5-7-8-9-11-15(3)12-13-16(4)14-17(18)10-6-2/h12-13,17H,3-11,14,18H2,1-2H3/b13-12-. The third kappa shape index (κ3) is 10.3. The Kier molecular flexibility index (Phi) is 10.8. The zero-order valence-electron chi connectivity index (χ0n) is 12.4. The van der Waals surface area contributed by atoms with E-state index in [-0.39, 0.29) is 6.04 Å². The Hall–Kier alpha value is -0.820. The van der Waals surface area contributed by atoms with Gasteiger partial charge in [-0.2, -0.15) is 0 Å². The number of hydrogen-bond acceptors (Lipinski definition) is 1. The van der Waals surface area contributed by atoms with Crippen LogP contribution in [0, 0.1) is 0 Å². The zero-order chi connectivity index (χ0) is 13.8. The molecule has 0 amide bonds. The fraction of sp³-hybridized carbons (Fsp3) is 0.647. The van der Waals surface area contributed by atoms with Gasteiger partial charge in [-0.15, -0.1) is 0 Å². The summed E-state index contributed by atoms with van der Waals surface area (Å²) in [4.78, 5) is 0. The summed E-state index contributed by atoms with van der Waals surface area (Å²) in [5, 5.41) is 0. The van der Waals surface area contributed by atoms with Crippen LogP contribution < -0.4 is 5.73 Å². The highest BCUT2D eigenvalue weighted by atomic mass is 14.6. The Bertz CT molecular complexity index is 263. The number of allylic oxidation sites excluding steroid dienone is 3. The molecule has 0 aliphatic rings. The summed E-state index contributed by atoms with van der Waals surface area (Å²) in [7, 11) is 0. The second-order valence-electron chi connectivity index (χ2n) is 5.21. The first-order valence-electron chi connectivity index (χ1n) is 7.39. The molecular formula is C17H31N. The smallest absolute Gasteiger partial charge is 0.00790 e. The summed E-state index contributed by atoms with van der Waals surface area (Å²) in [5.41, 5.74) is 8.31. The van der Waals surface area contributed by atoms with Gasteiger partial charge >= 0.3 is 0 Å². The van der Waals surface area contributed by atoms with Gasteiger partial charge < -0.3 is 5.73 Å². The van der Waals surface area contributed by atoms with E-state index in [1.165, 1.54) is 31.3 Å². The Morgan fingerprint density at radius 2 is 1.67 bits per heavy atom. The highest BCUT2D eigenvalue weighted by Crippen LogP contribution is 2.12. The van der Waals surface area contributed by atoms with Crippen LogP contribution in [0.1, 0.15) is 65.2 Å². The molecule has 0 aromatic heterocycles. The van der Waals surface area contributed by atoms with E-state index in [1.54, 1.807) is 0 Å². The maximum absolute atomic E-state index is 5.99. The molecule has 0 bridgehead atoms. The summed E-state index contributed by atoms with van der Waals surface area (Å²) in [6.45, 7) is 12.5. The van der Waals surface area contributed by atoms with Crippen molar-refractivity contribution in [2.24, 2.45) is 5.73 Å². The van der Waals surface area contributed by atoms with Crippen molar-refractivity contribution in [2.75, 3.05) is 0 Å². The number of nitrogens with two attached hydrogens (primary N) is 1. The number of unbranched alkanes of at least 4 members (excludes halogenated alkanes) is 3. The topological polar surface area (TPSA) is 26.0 Å². The molecule has 0 aliphatic heterocycles. The molecule has 1 nitrogen and oxygen atoms in total. The van der Waals surface area contributed by atoms with Crippen molar-refractivity contribution in [3.8, 4) is 0 Å². The molecule has 0 aromatic carbocycles. The summed E-state index contributed by atoms with van der Waals surface area (Å²) < 4.78 is 0. The van der Waals surface area contributed by atoms with E-state index in [0.717, 1.165) is 31.3 Å². The summed E-state index contributed by atoms with van der Waals surface area (Å²) >= 11 is 0. The summed E-state index contributed by atoms with van der Waals surface area (Å²) in [6, 6.07) is 0.255. The first kappa shape index (κ1) is 17.2. The van der Waals surface area contributed by atoms with Gasteiger partial charge in [-0.1, -0.05) is 76.0 Å². The molecule has 0 radical (unpaired) electrons. The predicted molar refractivity (Wildman–Crippen MR) is 83.7 cm³/mol. The van der Waals surface area contributed by atoms with E-state index >= 15 is 0 Å². The lowest BCUT2D eigenvalue weighted by Crippen LogP contribution is -2.19. The second-order valence-corrected chi connectivity index (χ2v) is 5.21. The predicted octanol–water partition coefficient (Wildman–Crippen LogP) is 5.14. The van der Waals surface area contributed by atoms with E-state index in [9.17, 15) is 0 Å². The van der Waals surface area contributed by atoms with Crippen LogP contribution in [0.2, 0.25) is 0 Å². The monoisotopic (exact) mass is 249 g/mol. The van der Waals surface area contributed by atoms with E-state index in [4.69, 9.17) is 5.73 Å².